The average Bonchev–Trinajstić information content (AvgIpc) is 2.18. The normalized spacial score (nSPS) is 9.54. The van der Waals surface area contributed by atoms with E-state index >= 15 is 0 Å². The van der Waals surface area contributed by atoms with Crippen molar-refractivity contribution in [3.63, 3.8) is 0 Å². The van der Waals surface area contributed by atoms with Crippen LogP contribution in [0.15, 0.2) is 12.1 Å². The molecule has 0 saturated heterocycles. The van der Waals surface area contributed by atoms with Gasteiger partial charge in [-0.1, -0.05) is 0 Å². The molecule has 0 aliphatic carbocycles. The number of methoxy groups -OCH3 is 2. The molecule has 1 aromatic rings. The lowest BCUT2D eigenvalue weighted by atomic mass is 10.2. The van der Waals surface area contributed by atoms with Gasteiger partial charge in [-0.25, -0.2) is 0 Å². The first-order chi connectivity index (χ1) is 6.22. The maximum atomic E-state index is 5.53. The van der Waals surface area contributed by atoms with Crippen LogP contribution in [0.5, 0.6) is 11.5 Å². The molecule has 0 unspecified atom stereocenters. The van der Waals surface area contributed by atoms with Gasteiger partial charge in [-0.2, -0.15) is 0 Å². The van der Waals surface area contributed by atoms with Gasteiger partial charge in [0.15, 0.2) is 0 Å². The molecule has 0 spiro atoms. The first-order valence-corrected chi connectivity index (χ1v) is 4.20. The average molecular weight is 202 g/mol. The molecule has 4 heteroatoms. The molecule has 0 saturated carbocycles. The Morgan fingerprint density at radius 1 is 1.23 bits per heavy atom. The van der Waals surface area contributed by atoms with Gasteiger partial charge in [-0.15, -0.1) is 0 Å². The van der Waals surface area contributed by atoms with Crippen molar-refractivity contribution in [1.29, 1.82) is 0 Å². The van der Waals surface area contributed by atoms with E-state index in [1.54, 1.807) is 14.2 Å². The van der Waals surface area contributed by atoms with Gasteiger partial charge in [-0.05, 0) is 6.92 Å². The fourth-order valence-corrected chi connectivity index (χ4v) is 1.29. The predicted octanol–water partition coefficient (Wildman–Crippen LogP) is 2.58. The molecule has 0 radical (unpaired) electrons. The van der Waals surface area contributed by atoms with E-state index in [9.17, 15) is 0 Å². The Labute approximate surface area is 82.7 Å². The van der Waals surface area contributed by atoms with Crippen LogP contribution in [-0.2, 0) is 0 Å². The summed E-state index contributed by atoms with van der Waals surface area (Å²) in [5.74, 6) is 1.47. The second-order valence-corrected chi connectivity index (χ2v) is 2.79. The van der Waals surface area contributed by atoms with Gasteiger partial charge in [0.1, 0.15) is 11.5 Å². The van der Waals surface area contributed by atoms with Crippen LogP contribution in [-0.4, -0.2) is 14.2 Å². The number of anilines is 1. The van der Waals surface area contributed by atoms with Crippen LogP contribution in [0.2, 0.25) is 0 Å². The van der Waals surface area contributed by atoms with Crippen LogP contribution < -0.4 is 14.3 Å². The standard InChI is InChI=1S/C9H12ClNO2/c1-6-8(11-10)4-7(12-2)5-9(6)13-3/h4-5,11H,1-3H3. The number of benzene rings is 1. The zero-order valence-electron chi connectivity index (χ0n) is 7.85. The molecule has 0 aliphatic heterocycles. The SMILES string of the molecule is COc1cc(NCl)c(C)c(OC)c1. The highest BCUT2D eigenvalue weighted by Gasteiger charge is 2.06. The summed E-state index contributed by atoms with van der Waals surface area (Å²) in [4.78, 5) is 2.56. The number of hydrogen-bond acceptors (Lipinski definition) is 3. The molecule has 1 aromatic carbocycles. The summed E-state index contributed by atoms with van der Waals surface area (Å²) in [5.41, 5.74) is 1.75. The molecule has 0 atom stereocenters. The van der Waals surface area contributed by atoms with Crippen LogP contribution in [0, 0.1) is 6.92 Å². The Kier molecular flexibility index (Phi) is 3.25. The van der Waals surface area contributed by atoms with E-state index in [1.165, 1.54) is 0 Å². The Morgan fingerprint density at radius 2 is 1.92 bits per heavy atom. The molecule has 0 fully saturated rings. The second kappa shape index (κ2) is 4.23. The van der Waals surface area contributed by atoms with E-state index in [-0.39, 0.29) is 0 Å². The second-order valence-electron chi connectivity index (χ2n) is 2.60. The molecule has 0 aromatic heterocycles. The first kappa shape index (κ1) is 9.99. The summed E-state index contributed by atoms with van der Waals surface area (Å²) in [5, 5.41) is 0. The zero-order valence-corrected chi connectivity index (χ0v) is 8.61. The Bertz CT molecular complexity index is 277. The van der Waals surface area contributed by atoms with Gasteiger partial charge < -0.3 is 9.47 Å². The van der Waals surface area contributed by atoms with E-state index in [2.05, 4.69) is 4.84 Å². The first-order valence-electron chi connectivity index (χ1n) is 3.82. The molecule has 0 bridgehead atoms. The Hall–Kier alpha value is -1.09. The largest absolute Gasteiger partial charge is 0.497 e. The monoisotopic (exact) mass is 201 g/mol. The molecular weight excluding hydrogens is 190 g/mol. The maximum absolute atomic E-state index is 5.53. The van der Waals surface area contributed by atoms with E-state index in [1.807, 2.05) is 19.1 Å². The van der Waals surface area contributed by atoms with Crippen molar-refractivity contribution in [2.75, 3.05) is 19.1 Å². The summed E-state index contributed by atoms with van der Waals surface area (Å²) in [7, 11) is 3.21. The number of halogens is 1. The molecule has 0 heterocycles. The Morgan fingerprint density at radius 3 is 2.38 bits per heavy atom. The van der Waals surface area contributed by atoms with Crippen molar-refractivity contribution in [2.45, 2.75) is 6.92 Å². The molecule has 1 rings (SSSR count). The molecule has 72 valence electrons. The minimum absolute atomic E-state index is 0.714. The molecule has 0 aliphatic rings. The van der Waals surface area contributed by atoms with E-state index in [4.69, 9.17) is 21.3 Å². The van der Waals surface area contributed by atoms with Crippen LogP contribution in [0.4, 0.5) is 5.69 Å². The molecule has 1 N–H and O–H groups in total. The van der Waals surface area contributed by atoms with Crippen molar-refractivity contribution in [3.8, 4) is 11.5 Å². The number of rotatable bonds is 3. The van der Waals surface area contributed by atoms with Gasteiger partial charge in [0.25, 0.3) is 0 Å². The number of nitrogens with one attached hydrogen (secondary N) is 1. The van der Waals surface area contributed by atoms with Crippen molar-refractivity contribution in [1.82, 2.24) is 0 Å². The molecule has 13 heavy (non-hydrogen) atoms. The predicted molar refractivity (Wildman–Crippen MR) is 53.8 cm³/mol. The lowest BCUT2D eigenvalue weighted by Crippen LogP contribution is -1.93. The fraction of sp³-hybridized carbons (Fsp3) is 0.333. The van der Waals surface area contributed by atoms with Gasteiger partial charge in [-0.3, -0.25) is 4.84 Å². The zero-order chi connectivity index (χ0) is 9.84. The lowest BCUT2D eigenvalue weighted by Gasteiger charge is -2.11. The minimum Gasteiger partial charge on any atom is -0.497 e. The highest BCUT2D eigenvalue weighted by molar-refractivity contribution is 6.24. The number of hydrogen-bond donors (Lipinski definition) is 1. The third kappa shape index (κ3) is 1.98. The van der Waals surface area contributed by atoms with Crippen LogP contribution >= 0.6 is 11.8 Å². The minimum atomic E-state index is 0.714. The summed E-state index contributed by atoms with van der Waals surface area (Å²) in [6.07, 6.45) is 0. The van der Waals surface area contributed by atoms with Crippen LogP contribution in [0.25, 0.3) is 0 Å². The highest BCUT2D eigenvalue weighted by atomic mass is 35.5. The van der Waals surface area contributed by atoms with Crippen molar-refractivity contribution in [2.24, 2.45) is 0 Å². The third-order valence-corrected chi connectivity index (χ3v) is 2.09. The smallest absolute Gasteiger partial charge is 0.127 e. The fourth-order valence-electron chi connectivity index (χ4n) is 1.09. The van der Waals surface area contributed by atoms with Crippen LogP contribution in [0.3, 0.4) is 0 Å². The summed E-state index contributed by atoms with van der Waals surface area (Å²) < 4.78 is 10.2. The summed E-state index contributed by atoms with van der Waals surface area (Å²) >= 11 is 5.53. The third-order valence-electron chi connectivity index (χ3n) is 1.89. The van der Waals surface area contributed by atoms with E-state index in [0.29, 0.717) is 5.75 Å². The van der Waals surface area contributed by atoms with Crippen molar-refractivity contribution < 1.29 is 9.47 Å². The van der Waals surface area contributed by atoms with Crippen LogP contribution in [0.1, 0.15) is 5.56 Å². The molecular formula is C9H12ClNO2. The van der Waals surface area contributed by atoms with Crippen molar-refractivity contribution >= 4 is 17.5 Å². The Balaban J connectivity index is 3.20. The molecule has 0 amide bonds. The van der Waals surface area contributed by atoms with Gasteiger partial charge in [0.2, 0.25) is 0 Å². The summed E-state index contributed by atoms with van der Waals surface area (Å²) in [6.45, 7) is 1.92. The quantitative estimate of drug-likeness (QED) is 0.763. The van der Waals surface area contributed by atoms with Gasteiger partial charge in [0, 0.05) is 29.5 Å². The molecule has 3 nitrogen and oxygen atoms in total. The highest BCUT2D eigenvalue weighted by Crippen LogP contribution is 2.31. The van der Waals surface area contributed by atoms with Gasteiger partial charge in [0.05, 0.1) is 19.9 Å². The maximum Gasteiger partial charge on any atom is 0.127 e. The van der Waals surface area contributed by atoms with Gasteiger partial charge >= 0.3 is 0 Å². The topological polar surface area (TPSA) is 30.5 Å². The van der Waals surface area contributed by atoms with E-state index in [0.717, 1.165) is 17.0 Å². The number of ether oxygens (including phenoxy) is 2. The lowest BCUT2D eigenvalue weighted by molar-refractivity contribution is 0.393. The van der Waals surface area contributed by atoms with Crippen molar-refractivity contribution in [3.05, 3.63) is 17.7 Å². The van der Waals surface area contributed by atoms with E-state index < -0.39 is 0 Å². The summed E-state index contributed by atoms with van der Waals surface area (Å²) in [6, 6.07) is 3.62.